The second-order valence-corrected chi connectivity index (χ2v) is 6.12. The van der Waals surface area contributed by atoms with Crippen LogP contribution in [-0.2, 0) is 0 Å². The Morgan fingerprint density at radius 3 is 2.59 bits per heavy atom. The number of anilines is 1. The second-order valence-electron chi connectivity index (χ2n) is 6.12. The van der Waals surface area contributed by atoms with Gasteiger partial charge in [-0.25, -0.2) is 4.98 Å². The molecule has 2 aromatic rings. The van der Waals surface area contributed by atoms with Gasteiger partial charge in [0.05, 0.1) is 11.3 Å². The lowest BCUT2D eigenvalue weighted by molar-refractivity contribution is 0.443. The van der Waals surface area contributed by atoms with Gasteiger partial charge in [-0.1, -0.05) is 43.5 Å². The van der Waals surface area contributed by atoms with Crippen LogP contribution in [0.25, 0.3) is 11.3 Å². The van der Waals surface area contributed by atoms with Crippen LogP contribution in [0.3, 0.4) is 0 Å². The number of pyridine rings is 1. The lowest BCUT2D eigenvalue weighted by atomic mass is 9.82. The maximum Gasteiger partial charge on any atom is 0.142 e. The Hall–Kier alpha value is -2.34. The summed E-state index contributed by atoms with van der Waals surface area (Å²) >= 11 is 0. The van der Waals surface area contributed by atoms with Crippen LogP contribution < -0.4 is 5.73 Å². The number of hydrogen-bond acceptors (Lipinski definition) is 3. The zero-order valence-electron chi connectivity index (χ0n) is 13.0. The molecule has 3 nitrogen and oxygen atoms in total. The predicted octanol–water partition coefficient (Wildman–Crippen LogP) is 4.56. The maximum atomic E-state index is 9.48. The van der Waals surface area contributed by atoms with Gasteiger partial charge in [0.1, 0.15) is 11.9 Å². The van der Waals surface area contributed by atoms with Gasteiger partial charge in [0.25, 0.3) is 0 Å². The first-order valence-corrected chi connectivity index (χ1v) is 7.97. The average Bonchev–Trinajstić information content (AvgIpc) is 2.55. The quantitative estimate of drug-likeness (QED) is 0.882. The summed E-state index contributed by atoms with van der Waals surface area (Å²) in [5.41, 5.74) is 10.9. The number of rotatable bonds is 2. The topological polar surface area (TPSA) is 62.7 Å². The van der Waals surface area contributed by atoms with Gasteiger partial charge in [-0.15, -0.1) is 0 Å². The molecule has 2 N–H and O–H groups in total. The molecule has 1 fully saturated rings. The van der Waals surface area contributed by atoms with Crippen molar-refractivity contribution in [3.63, 3.8) is 0 Å². The smallest absolute Gasteiger partial charge is 0.142 e. The van der Waals surface area contributed by atoms with Crippen LogP contribution in [0, 0.1) is 18.3 Å². The minimum atomic E-state index is 0.365. The van der Waals surface area contributed by atoms with Crippen molar-refractivity contribution in [2.24, 2.45) is 0 Å². The molecule has 0 saturated heterocycles. The summed E-state index contributed by atoms with van der Waals surface area (Å²) in [7, 11) is 0. The molecule has 1 heterocycles. The third-order valence-corrected chi connectivity index (χ3v) is 4.66. The highest BCUT2D eigenvalue weighted by molar-refractivity contribution is 5.69. The summed E-state index contributed by atoms with van der Waals surface area (Å²) in [4.78, 5) is 4.49. The van der Waals surface area contributed by atoms with Crippen LogP contribution in [0.5, 0.6) is 0 Å². The van der Waals surface area contributed by atoms with Gasteiger partial charge in [-0.3, -0.25) is 0 Å². The van der Waals surface area contributed by atoms with E-state index in [1.165, 1.54) is 24.8 Å². The molecule has 1 aliphatic carbocycles. The Kier molecular flexibility index (Phi) is 4.11. The fourth-order valence-corrected chi connectivity index (χ4v) is 3.44. The molecule has 1 aromatic carbocycles. The van der Waals surface area contributed by atoms with Crippen LogP contribution in [-0.4, -0.2) is 4.98 Å². The van der Waals surface area contributed by atoms with Gasteiger partial charge in [-0.05, 0) is 42.9 Å². The Morgan fingerprint density at radius 2 is 1.91 bits per heavy atom. The number of nitrogen functional groups attached to an aromatic ring is 1. The molecule has 1 aliphatic rings. The first-order valence-electron chi connectivity index (χ1n) is 7.97. The predicted molar refractivity (Wildman–Crippen MR) is 89.4 cm³/mol. The summed E-state index contributed by atoms with van der Waals surface area (Å²) in [6.45, 7) is 2.08. The number of hydrogen-bond donors (Lipinski definition) is 1. The number of aryl methyl sites for hydroxylation is 1. The molecule has 1 aromatic heterocycles. The van der Waals surface area contributed by atoms with Crippen LogP contribution in [0.1, 0.15) is 54.7 Å². The Balaban J connectivity index is 2.12. The minimum absolute atomic E-state index is 0.365. The van der Waals surface area contributed by atoms with Gasteiger partial charge < -0.3 is 5.73 Å². The van der Waals surface area contributed by atoms with Crippen LogP contribution in [0.4, 0.5) is 5.82 Å². The molecular weight excluding hydrogens is 270 g/mol. The summed E-state index contributed by atoms with van der Waals surface area (Å²) in [5, 5.41) is 9.48. The third-order valence-electron chi connectivity index (χ3n) is 4.66. The van der Waals surface area contributed by atoms with E-state index in [-0.39, 0.29) is 0 Å². The third kappa shape index (κ3) is 2.69. The van der Waals surface area contributed by atoms with E-state index in [1.807, 2.05) is 12.1 Å². The van der Waals surface area contributed by atoms with Crippen molar-refractivity contribution in [2.75, 3.05) is 5.73 Å². The summed E-state index contributed by atoms with van der Waals surface area (Å²) in [5.74, 6) is 0.806. The molecule has 3 heteroatoms. The number of benzene rings is 1. The summed E-state index contributed by atoms with van der Waals surface area (Å²) < 4.78 is 0. The van der Waals surface area contributed by atoms with E-state index in [1.54, 1.807) is 0 Å². The van der Waals surface area contributed by atoms with E-state index in [2.05, 4.69) is 36.2 Å². The number of nitrogens with two attached hydrogens (primary N) is 1. The molecule has 0 bridgehead atoms. The standard InChI is InChI=1S/C19H21N3/c1-13-7-5-6-10-15(13)18-11-16(14-8-3-2-4-9-14)17(12-20)19(21)22-18/h5-7,10-11,14H,2-4,8-9H2,1H3,(H2,21,22). The van der Waals surface area contributed by atoms with Gasteiger partial charge in [-0.2, -0.15) is 5.26 Å². The first kappa shape index (κ1) is 14.6. The fraction of sp³-hybridized carbons (Fsp3) is 0.368. The SMILES string of the molecule is Cc1ccccc1-c1cc(C2CCCCC2)c(C#N)c(N)n1. The van der Waals surface area contributed by atoms with Crippen molar-refractivity contribution in [2.45, 2.75) is 44.9 Å². The van der Waals surface area contributed by atoms with Crippen molar-refractivity contribution in [3.05, 3.63) is 47.0 Å². The lowest BCUT2D eigenvalue weighted by Gasteiger charge is -2.24. The van der Waals surface area contributed by atoms with Crippen molar-refractivity contribution in [3.8, 4) is 17.3 Å². The minimum Gasteiger partial charge on any atom is -0.383 e. The second kappa shape index (κ2) is 6.19. The number of aromatic nitrogens is 1. The normalized spacial score (nSPS) is 15.5. The molecule has 22 heavy (non-hydrogen) atoms. The van der Waals surface area contributed by atoms with E-state index in [4.69, 9.17) is 5.73 Å². The molecule has 112 valence electrons. The molecule has 0 spiro atoms. The molecule has 0 atom stereocenters. The van der Waals surface area contributed by atoms with Crippen molar-refractivity contribution in [1.29, 1.82) is 5.26 Å². The zero-order valence-corrected chi connectivity index (χ0v) is 13.0. The van der Waals surface area contributed by atoms with Crippen molar-refractivity contribution in [1.82, 2.24) is 4.98 Å². The number of nitriles is 1. The molecule has 0 aliphatic heterocycles. The van der Waals surface area contributed by atoms with E-state index in [0.29, 0.717) is 17.3 Å². The molecule has 1 saturated carbocycles. The van der Waals surface area contributed by atoms with Gasteiger partial charge in [0.15, 0.2) is 0 Å². The van der Waals surface area contributed by atoms with E-state index in [0.717, 1.165) is 29.7 Å². The number of nitrogens with zero attached hydrogens (tertiary/aromatic N) is 2. The van der Waals surface area contributed by atoms with Crippen LogP contribution in [0.2, 0.25) is 0 Å². The van der Waals surface area contributed by atoms with E-state index >= 15 is 0 Å². The summed E-state index contributed by atoms with van der Waals surface area (Å²) in [6.07, 6.45) is 6.05. The Morgan fingerprint density at radius 1 is 1.18 bits per heavy atom. The highest BCUT2D eigenvalue weighted by Crippen LogP contribution is 2.37. The monoisotopic (exact) mass is 291 g/mol. The Bertz CT molecular complexity index is 722. The average molecular weight is 291 g/mol. The van der Waals surface area contributed by atoms with Gasteiger partial charge in [0.2, 0.25) is 0 Å². The molecule has 0 amide bonds. The molecular formula is C19H21N3. The van der Waals surface area contributed by atoms with Crippen LogP contribution in [0.15, 0.2) is 30.3 Å². The van der Waals surface area contributed by atoms with Gasteiger partial charge in [0, 0.05) is 5.56 Å². The zero-order chi connectivity index (χ0) is 15.5. The molecule has 0 radical (unpaired) electrons. The van der Waals surface area contributed by atoms with Crippen molar-refractivity contribution < 1.29 is 0 Å². The lowest BCUT2D eigenvalue weighted by Crippen LogP contribution is -2.10. The highest BCUT2D eigenvalue weighted by atomic mass is 14.8. The van der Waals surface area contributed by atoms with E-state index in [9.17, 15) is 5.26 Å². The molecule has 3 rings (SSSR count). The maximum absolute atomic E-state index is 9.48. The Labute approximate surface area is 131 Å². The highest BCUT2D eigenvalue weighted by Gasteiger charge is 2.22. The first-order chi connectivity index (χ1) is 10.7. The molecule has 0 unspecified atom stereocenters. The summed E-state index contributed by atoms with van der Waals surface area (Å²) in [6, 6.07) is 12.5. The van der Waals surface area contributed by atoms with Gasteiger partial charge >= 0.3 is 0 Å². The van der Waals surface area contributed by atoms with Crippen molar-refractivity contribution >= 4 is 5.82 Å². The van der Waals surface area contributed by atoms with Crippen LogP contribution >= 0.6 is 0 Å². The van der Waals surface area contributed by atoms with E-state index < -0.39 is 0 Å². The fourth-order valence-electron chi connectivity index (χ4n) is 3.44. The largest absolute Gasteiger partial charge is 0.383 e.